The first-order chi connectivity index (χ1) is 11.3. The molecule has 2 unspecified atom stereocenters. The third kappa shape index (κ3) is 4.21. The van der Waals surface area contributed by atoms with Gasteiger partial charge in [0.05, 0.1) is 13.1 Å². The minimum atomic E-state index is -0.454. The molecule has 3 heterocycles. The average molecular weight is 336 g/mol. The molecular formula is C18H32N4O2. The lowest BCUT2D eigenvalue weighted by Crippen LogP contribution is -2.57. The Morgan fingerprint density at radius 3 is 2.54 bits per heavy atom. The summed E-state index contributed by atoms with van der Waals surface area (Å²) in [5.74, 6) is 0.944. The number of aliphatic imine (C=N–C) groups is 1. The van der Waals surface area contributed by atoms with Gasteiger partial charge in [-0.3, -0.25) is 9.89 Å². The Balaban J connectivity index is 1.54. The zero-order valence-corrected chi connectivity index (χ0v) is 15.5. The summed E-state index contributed by atoms with van der Waals surface area (Å²) in [7, 11) is 2.27. The molecule has 136 valence electrons. The van der Waals surface area contributed by atoms with Gasteiger partial charge in [0.15, 0.2) is 0 Å². The first-order valence-corrected chi connectivity index (χ1v) is 9.31. The molecule has 6 heteroatoms. The highest BCUT2D eigenvalue weighted by atomic mass is 16.6. The zero-order chi connectivity index (χ0) is 17.3. The number of hydrogen-bond acceptors (Lipinski definition) is 5. The van der Waals surface area contributed by atoms with Crippen molar-refractivity contribution in [1.29, 1.82) is 0 Å². The van der Waals surface area contributed by atoms with Gasteiger partial charge in [-0.2, -0.15) is 0 Å². The van der Waals surface area contributed by atoms with Crippen LogP contribution in [0.25, 0.3) is 0 Å². The van der Waals surface area contributed by atoms with E-state index in [0.717, 1.165) is 5.84 Å². The molecule has 2 fully saturated rings. The normalized spacial score (nSPS) is 31.4. The van der Waals surface area contributed by atoms with Crippen molar-refractivity contribution in [2.75, 3.05) is 26.7 Å². The molecule has 0 radical (unpaired) electrons. The summed E-state index contributed by atoms with van der Waals surface area (Å²) in [5, 5.41) is 3.63. The molecule has 6 nitrogen and oxygen atoms in total. The Kier molecular flexibility index (Phi) is 5.04. The molecule has 1 N–H and O–H groups in total. The summed E-state index contributed by atoms with van der Waals surface area (Å²) in [6.07, 6.45) is 6.09. The largest absolute Gasteiger partial charge is 0.444 e. The molecule has 2 atom stereocenters. The van der Waals surface area contributed by atoms with E-state index in [1.54, 1.807) is 4.90 Å². The molecule has 0 aromatic heterocycles. The highest BCUT2D eigenvalue weighted by Gasteiger charge is 2.36. The predicted octanol–water partition coefficient (Wildman–Crippen LogP) is 2.24. The molecule has 2 saturated heterocycles. The quantitative estimate of drug-likeness (QED) is 0.798. The molecule has 3 rings (SSSR count). The van der Waals surface area contributed by atoms with Gasteiger partial charge in [-0.1, -0.05) is 6.42 Å². The highest BCUT2D eigenvalue weighted by Crippen LogP contribution is 2.32. The smallest absolute Gasteiger partial charge is 0.410 e. The number of rotatable bonds is 1. The maximum atomic E-state index is 12.3. The van der Waals surface area contributed by atoms with Crippen LogP contribution in [0.3, 0.4) is 0 Å². The third-order valence-electron chi connectivity index (χ3n) is 5.38. The topological polar surface area (TPSA) is 57.2 Å². The number of nitrogens with one attached hydrogen (secondary N) is 1. The Morgan fingerprint density at radius 2 is 1.92 bits per heavy atom. The Hall–Kier alpha value is -1.30. The van der Waals surface area contributed by atoms with Crippen LogP contribution in [0.2, 0.25) is 0 Å². The van der Waals surface area contributed by atoms with Crippen molar-refractivity contribution in [1.82, 2.24) is 15.1 Å². The van der Waals surface area contributed by atoms with Crippen LogP contribution in [0.15, 0.2) is 4.99 Å². The first-order valence-electron chi connectivity index (χ1n) is 9.31. The number of amidine groups is 1. The number of nitrogens with zero attached hydrogens (tertiary/aromatic N) is 3. The third-order valence-corrected chi connectivity index (χ3v) is 5.38. The van der Waals surface area contributed by atoms with E-state index in [0.29, 0.717) is 37.8 Å². The molecule has 24 heavy (non-hydrogen) atoms. The SMILES string of the molecule is CN1C2CCCC1CC(NC1=NCCN(C(=O)OC(C)(C)C)C1)C2. The molecule has 0 aliphatic carbocycles. The van der Waals surface area contributed by atoms with E-state index in [4.69, 9.17) is 4.74 Å². The van der Waals surface area contributed by atoms with Crippen LogP contribution in [-0.2, 0) is 4.74 Å². The minimum absolute atomic E-state index is 0.239. The Morgan fingerprint density at radius 1 is 1.25 bits per heavy atom. The van der Waals surface area contributed by atoms with Crippen LogP contribution in [0.5, 0.6) is 0 Å². The van der Waals surface area contributed by atoms with Crippen molar-refractivity contribution < 1.29 is 9.53 Å². The lowest BCUT2D eigenvalue weighted by Gasteiger charge is -2.47. The van der Waals surface area contributed by atoms with Crippen molar-refractivity contribution >= 4 is 11.9 Å². The maximum Gasteiger partial charge on any atom is 0.410 e. The van der Waals surface area contributed by atoms with Crippen LogP contribution in [0.4, 0.5) is 4.79 Å². The van der Waals surface area contributed by atoms with E-state index in [9.17, 15) is 4.79 Å². The van der Waals surface area contributed by atoms with Crippen LogP contribution >= 0.6 is 0 Å². The first kappa shape index (κ1) is 17.5. The molecule has 3 aliphatic heterocycles. The number of hydrogen-bond donors (Lipinski definition) is 1. The fourth-order valence-electron chi connectivity index (χ4n) is 4.16. The molecule has 1 amide bonds. The molecular weight excluding hydrogens is 304 g/mol. The van der Waals surface area contributed by atoms with Crippen LogP contribution < -0.4 is 5.32 Å². The predicted molar refractivity (Wildman–Crippen MR) is 95.5 cm³/mol. The highest BCUT2D eigenvalue weighted by molar-refractivity contribution is 5.88. The summed E-state index contributed by atoms with van der Waals surface area (Å²) in [4.78, 5) is 21.2. The fraction of sp³-hybridized carbons (Fsp3) is 0.889. The number of amides is 1. The Labute approximate surface area is 145 Å². The molecule has 0 aromatic carbocycles. The van der Waals surface area contributed by atoms with Crippen LogP contribution in [0.1, 0.15) is 52.9 Å². The van der Waals surface area contributed by atoms with Gasteiger partial charge in [-0.15, -0.1) is 0 Å². The molecule has 3 aliphatic rings. The van der Waals surface area contributed by atoms with Gasteiger partial charge in [0.2, 0.25) is 0 Å². The van der Waals surface area contributed by atoms with Gasteiger partial charge in [-0.05, 0) is 53.5 Å². The van der Waals surface area contributed by atoms with Gasteiger partial charge in [0.25, 0.3) is 0 Å². The summed E-state index contributed by atoms with van der Waals surface area (Å²) in [6, 6.07) is 1.87. The number of ether oxygens (including phenoxy) is 1. The van der Waals surface area contributed by atoms with Gasteiger partial charge in [0.1, 0.15) is 11.4 Å². The van der Waals surface area contributed by atoms with Crippen molar-refractivity contribution in [3.8, 4) is 0 Å². The molecule has 0 aromatic rings. The van der Waals surface area contributed by atoms with E-state index in [2.05, 4.69) is 22.3 Å². The Bertz CT molecular complexity index is 486. The van der Waals surface area contributed by atoms with Crippen molar-refractivity contribution in [2.24, 2.45) is 4.99 Å². The maximum absolute atomic E-state index is 12.3. The average Bonchev–Trinajstić information content (AvgIpc) is 2.47. The minimum Gasteiger partial charge on any atom is -0.444 e. The number of piperidine rings is 2. The monoisotopic (exact) mass is 336 g/mol. The summed E-state index contributed by atoms with van der Waals surface area (Å²) < 4.78 is 5.49. The molecule has 0 spiro atoms. The van der Waals surface area contributed by atoms with E-state index in [-0.39, 0.29) is 6.09 Å². The van der Waals surface area contributed by atoms with Gasteiger partial charge in [0, 0.05) is 24.7 Å². The van der Waals surface area contributed by atoms with Crippen LogP contribution in [0, 0.1) is 0 Å². The number of carbonyl (C=O) groups is 1. The number of carbonyl (C=O) groups excluding carboxylic acids is 1. The van der Waals surface area contributed by atoms with E-state index >= 15 is 0 Å². The second-order valence-electron chi connectivity index (χ2n) is 8.45. The lowest BCUT2D eigenvalue weighted by molar-refractivity contribution is 0.0272. The van der Waals surface area contributed by atoms with Gasteiger partial charge >= 0.3 is 6.09 Å². The lowest BCUT2D eigenvalue weighted by atomic mass is 9.82. The standard InChI is InChI=1S/C18H32N4O2/c1-18(2,3)24-17(23)22-9-8-19-16(12-22)20-13-10-14-6-5-7-15(11-13)21(14)4/h13-15H,5-12H2,1-4H3,(H,19,20). The summed E-state index contributed by atoms with van der Waals surface area (Å²) in [6.45, 7) is 7.54. The van der Waals surface area contributed by atoms with Crippen LogP contribution in [-0.4, -0.2) is 72.1 Å². The molecule has 2 bridgehead atoms. The van der Waals surface area contributed by atoms with Gasteiger partial charge < -0.3 is 15.0 Å². The van der Waals surface area contributed by atoms with Gasteiger partial charge in [-0.25, -0.2) is 4.79 Å². The number of fused-ring (bicyclic) bond motifs is 2. The van der Waals surface area contributed by atoms with E-state index < -0.39 is 5.60 Å². The zero-order valence-electron chi connectivity index (χ0n) is 15.5. The summed E-state index contributed by atoms with van der Waals surface area (Å²) >= 11 is 0. The van der Waals surface area contributed by atoms with Crippen molar-refractivity contribution in [3.63, 3.8) is 0 Å². The van der Waals surface area contributed by atoms with Crippen molar-refractivity contribution in [2.45, 2.75) is 76.6 Å². The van der Waals surface area contributed by atoms with Crippen molar-refractivity contribution in [3.05, 3.63) is 0 Å². The van der Waals surface area contributed by atoms with E-state index in [1.165, 1.54) is 32.1 Å². The second kappa shape index (κ2) is 6.90. The second-order valence-corrected chi connectivity index (χ2v) is 8.45. The molecule has 0 saturated carbocycles. The summed E-state index contributed by atoms with van der Waals surface area (Å²) in [5.41, 5.74) is -0.454. The van der Waals surface area contributed by atoms with E-state index in [1.807, 2.05) is 20.8 Å². The fourth-order valence-corrected chi connectivity index (χ4v) is 4.16.